The van der Waals surface area contributed by atoms with Crippen molar-refractivity contribution in [2.75, 3.05) is 13.6 Å². The maximum absolute atomic E-state index is 14.1. The van der Waals surface area contributed by atoms with Crippen LogP contribution in [0.2, 0.25) is 0 Å². The summed E-state index contributed by atoms with van der Waals surface area (Å²) in [6, 6.07) is 8.07. The van der Waals surface area contributed by atoms with Crippen LogP contribution in [0.3, 0.4) is 0 Å². The molecule has 0 bridgehead atoms. The number of alkyl halides is 1. The third-order valence-electron chi connectivity index (χ3n) is 4.71. The number of rotatable bonds is 4. The van der Waals surface area contributed by atoms with E-state index in [1.165, 1.54) is 7.05 Å². The van der Waals surface area contributed by atoms with Gasteiger partial charge in [-0.3, -0.25) is 4.90 Å². The monoisotopic (exact) mass is 393 g/mol. The molecule has 0 aromatic heterocycles. The number of nitrogens with zero attached hydrogens (tertiary/aromatic N) is 3. The standard InChI is InChI=1S/C18H20FN3O6/c1-21-15(20-13(17(25)26)14(23)16(21)24)12-7-11(19)8-22(12)18(27)28-9-10-5-3-2-4-6-10/h2-6,11-12,15,23-24H,7-9H2,1H3,(H,25,26)/t11-,12-,15?/m0/s1. The van der Waals surface area contributed by atoms with Gasteiger partial charge in [0.05, 0.1) is 12.6 Å². The number of aliphatic imine (C=N–C) groups is 1. The average molecular weight is 393 g/mol. The van der Waals surface area contributed by atoms with Crippen LogP contribution in [-0.2, 0) is 16.1 Å². The van der Waals surface area contributed by atoms with Crippen molar-refractivity contribution in [3.8, 4) is 0 Å². The van der Waals surface area contributed by atoms with Gasteiger partial charge in [0.25, 0.3) is 0 Å². The Hall–Kier alpha value is -3.30. The predicted octanol–water partition coefficient (Wildman–Crippen LogP) is 1.82. The number of aliphatic carboxylic acids is 1. The fraction of sp³-hybridized carbons (Fsp3) is 0.389. The van der Waals surface area contributed by atoms with Crippen LogP contribution in [0.15, 0.2) is 47.0 Å². The molecule has 2 aliphatic heterocycles. The molecule has 3 atom stereocenters. The van der Waals surface area contributed by atoms with Gasteiger partial charge in [0.1, 0.15) is 18.9 Å². The van der Waals surface area contributed by atoms with Crippen LogP contribution in [0.25, 0.3) is 0 Å². The van der Waals surface area contributed by atoms with Gasteiger partial charge >= 0.3 is 12.1 Å². The van der Waals surface area contributed by atoms with Crippen molar-refractivity contribution < 1.29 is 34.0 Å². The van der Waals surface area contributed by atoms with Gasteiger partial charge < -0.3 is 25.0 Å². The Labute approximate surface area is 160 Å². The van der Waals surface area contributed by atoms with E-state index in [1.807, 2.05) is 6.07 Å². The van der Waals surface area contributed by atoms with Crippen LogP contribution < -0.4 is 0 Å². The molecule has 150 valence electrons. The average Bonchev–Trinajstić information content (AvgIpc) is 3.06. The lowest BCUT2D eigenvalue weighted by molar-refractivity contribution is -0.129. The number of aliphatic hydroxyl groups is 2. The molecule has 9 nitrogen and oxygen atoms in total. The molecule has 1 saturated heterocycles. The molecule has 1 unspecified atom stereocenters. The minimum absolute atomic E-state index is 0.00403. The molecule has 1 fully saturated rings. The lowest BCUT2D eigenvalue weighted by Gasteiger charge is -2.36. The number of ether oxygens (including phenoxy) is 1. The van der Waals surface area contributed by atoms with Crippen LogP contribution in [0, 0.1) is 0 Å². The number of halogens is 1. The highest BCUT2D eigenvalue weighted by molar-refractivity contribution is 6.42. The molecule has 1 aromatic rings. The molecule has 0 aliphatic carbocycles. The van der Waals surface area contributed by atoms with E-state index in [4.69, 9.17) is 4.74 Å². The zero-order chi connectivity index (χ0) is 20.4. The number of carboxylic acid groups (broad SMARTS) is 1. The molecule has 3 N–H and O–H groups in total. The number of likely N-dealkylation sites (tertiary alicyclic amines) is 1. The molecule has 3 rings (SSSR count). The molecule has 0 spiro atoms. The van der Waals surface area contributed by atoms with E-state index in [0.29, 0.717) is 0 Å². The van der Waals surface area contributed by atoms with Crippen molar-refractivity contribution in [3.63, 3.8) is 0 Å². The van der Waals surface area contributed by atoms with E-state index in [1.54, 1.807) is 24.3 Å². The smallest absolute Gasteiger partial charge is 0.410 e. The zero-order valence-electron chi connectivity index (χ0n) is 15.0. The third-order valence-corrected chi connectivity index (χ3v) is 4.71. The van der Waals surface area contributed by atoms with Gasteiger partial charge in [-0.05, 0) is 5.56 Å². The van der Waals surface area contributed by atoms with Gasteiger partial charge in [-0.2, -0.15) is 0 Å². The second kappa shape index (κ2) is 7.75. The Morgan fingerprint density at radius 3 is 2.61 bits per heavy atom. The molecule has 1 amide bonds. The van der Waals surface area contributed by atoms with Crippen LogP contribution in [-0.4, -0.2) is 74.9 Å². The number of hydrogen-bond donors (Lipinski definition) is 3. The van der Waals surface area contributed by atoms with E-state index in [0.717, 1.165) is 15.4 Å². The first kappa shape index (κ1) is 19.5. The van der Waals surface area contributed by atoms with Crippen LogP contribution in [0.4, 0.5) is 9.18 Å². The predicted molar refractivity (Wildman–Crippen MR) is 95.5 cm³/mol. The number of carbonyl (C=O) groups excluding carboxylic acids is 1. The maximum Gasteiger partial charge on any atom is 0.410 e. The van der Waals surface area contributed by atoms with Gasteiger partial charge in [-0.15, -0.1) is 0 Å². The Kier molecular flexibility index (Phi) is 5.39. The first-order valence-electron chi connectivity index (χ1n) is 8.57. The van der Waals surface area contributed by atoms with Gasteiger partial charge in [-0.1, -0.05) is 30.3 Å². The van der Waals surface area contributed by atoms with Crippen molar-refractivity contribution in [3.05, 3.63) is 47.5 Å². The summed E-state index contributed by atoms with van der Waals surface area (Å²) in [5, 5.41) is 29.0. The summed E-state index contributed by atoms with van der Waals surface area (Å²) in [6.45, 7) is -0.243. The first-order valence-corrected chi connectivity index (χ1v) is 8.57. The number of carboxylic acids is 1. The zero-order valence-corrected chi connectivity index (χ0v) is 15.0. The van der Waals surface area contributed by atoms with Crippen LogP contribution in [0.1, 0.15) is 12.0 Å². The minimum Gasteiger partial charge on any atom is -0.501 e. The number of aliphatic hydroxyl groups excluding tert-OH is 2. The van der Waals surface area contributed by atoms with Crippen molar-refractivity contribution >= 4 is 17.8 Å². The Morgan fingerprint density at radius 2 is 1.96 bits per heavy atom. The van der Waals surface area contributed by atoms with E-state index in [-0.39, 0.29) is 19.6 Å². The second-order valence-corrected chi connectivity index (χ2v) is 6.57. The van der Waals surface area contributed by atoms with Gasteiger partial charge in [0, 0.05) is 13.5 Å². The minimum atomic E-state index is -1.55. The summed E-state index contributed by atoms with van der Waals surface area (Å²) in [6.07, 6.45) is -3.33. The Balaban J connectivity index is 1.79. The normalized spacial score (nSPS) is 24.9. The summed E-state index contributed by atoms with van der Waals surface area (Å²) >= 11 is 0. The fourth-order valence-corrected chi connectivity index (χ4v) is 3.29. The lowest BCUT2D eigenvalue weighted by Crippen LogP contribution is -2.51. The Bertz CT molecular complexity index is 828. The third kappa shape index (κ3) is 3.71. The summed E-state index contributed by atoms with van der Waals surface area (Å²) in [4.78, 5) is 29.9. The summed E-state index contributed by atoms with van der Waals surface area (Å²) < 4.78 is 19.4. The fourth-order valence-electron chi connectivity index (χ4n) is 3.29. The highest BCUT2D eigenvalue weighted by Gasteiger charge is 2.45. The number of hydrogen-bond acceptors (Lipinski definition) is 7. The lowest BCUT2D eigenvalue weighted by atomic mass is 10.1. The summed E-state index contributed by atoms with van der Waals surface area (Å²) in [5.41, 5.74) is 0.00961. The van der Waals surface area contributed by atoms with Gasteiger partial charge in [0.2, 0.25) is 11.6 Å². The molecule has 0 radical (unpaired) electrons. The number of benzene rings is 1. The van der Waals surface area contributed by atoms with Crippen molar-refractivity contribution in [2.24, 2.45) is 4.99 Å². The molecular formula is C18H20FN3O6. The SMILES string of the molecule is CN1C(O)=C(O)C(C(=O)O)=NC1[C@@H]1C[C@H](F)CN1C(=O)OCc1ccccc1. The molecule has 0 saturated carbocycles. The maximum atomic E-state index is 14.1. The molecule has 1 aromatic carbocycles. The van der Waals surface area contributed by atoms with Crippen molar-refractivity contribution in [1.82, 2.24) is 9.80 Å². The highest BCUT2D eigenvalue weighted by atomic mass is 19.1. The topological polar surface area (TPSA) is 123 Å². The van der Waals surface area contributed by atoms with E-state index < -0.39 is 47.8 Å². The summed E-state index contributed by atoms with van der Waals surface area (Å²) in [7, 11) is 1.36. The van der Waals surface area contributed by atoms with Gasteiger partial charge in [-0.25, -0.2) is 19.0 Å². The highest BCUT2D eigenvalue weighted by Crippen LogP contribution is 2.30. The van der Waals surface area contributed by atoms with E-state index in [9.17, 15) is 29.3 Å². The second-order valence-electron chi connectivity index (χ2n) is 6.57. The number of amides is 1. The number of carbonyl (C=O) groups is 2. The molecule has 2 aliphatic rings. The molecule has 2 heterocycles. The van der Waals surface area contributed by atoms with Gasteiger partial charge in [0.15, 0.2) is 5.71 Å². The molecule has 10 heteroatoms. The van der Waals surface area contributed by atoms with Crippen LogP contribution in [0.5, 0.6) is 0 Å². The first-order chi connectivity index (χ1) is 13.3. The van der Waals surface area contributed by atoms with Crippen molar-refractivity contribution in [1.29, 1.82) is 0 Å². The quantitative estimate of drug-likeness (QED) is 0.713. The summed E-state index contributed by atoms with van der Waals surface area (Å²) in [5.74, 6) is -3.15. The molecule has 28 heavy (non-hydrogen) atoms. The molecular weight excluding hydrogens is 373 g/mol. The Morgan fingerprint density at radius 1 is 1.29 bits per heavy atom. The number of likely N-dealkylation sites (N-methyl/N-ethyl adjacent to an activating group) is 1. The largest absolute Gasteiger partial charge is 0.501 e. The van der Waals surface area contributed by atoms with E-state index >= 15 is 0 Å². The van der Waals surface area contributed by atoms with Crippen LogP contribution >= 0.6 is 0 Å². The van der Waals surface area contributed by atoms with Crippen molar-refractivity contribution in [2.45, 2.75) is 31.4 Å². The van der Waals surface area contributed by atoms with E-state index in [2.05, 4.69) is 4.99 Å².